The molecule has 0 spiro atoms. The number of anilines is 2. The molecule has 1 atom stereocenters. The second-order valence-electron chi connectivity index (χ2n) is 4.66. The molecule has 7 heteroatoms. The minimum absolute atomic E-state index is 0.178. The van der Waals surface area contributed by atoms with Gasteiger partial charge in [-0.2, -0.15) is 5.10 Å². The summed E-state index contributed by atoms with van der Waals surface area (Å²) in [7, 11) is 0. The van der Waals surface area contributed by atoms with Gasteiger partial charge in [-0.1, -0.05) is 18.5 Å². The number of nitrogens with zero attached hydrogens (tertiary/aromatic N) is 3. The molecule has 0 aliphatic rings. The molecule has 6 nitrogen and oxygen atoms in total. The molecular weight excluding hydrogens is 290 g/mol. The van der Waals surface area contributed by atoms with Gasteiger partial charge in [-0.3, -0.25) is 4.79 Å². The number of benzene rings is 1. The van der Waals surface area contributed by atoms with Crippen LogP contribution in [-0.4, -0.2) is 27.2 Å². The highest BCUT2D eigenvalue weighted by Gasteiger charge is 2.17. The van der Waals surface area contributed by atoms with Gasteiger partial charge in [0.2, 0.25) is 5.91 Å². The smallest absolute Gasteiger partial charge is 0.249 e. The molecular formula is C14H18ClN5O. The van der Waals surface area contributed by atoms with E-state index in [1.165, 1.54) is 17.3 Å². The zero-order valence-corrected chi connectivity index (χ0v) is 12.8. The van der Waals surface area contributed by atoms with E-state index >= 15 is 0 Å². The number of halogens is 1. The number of aromatic nitrogens is 3. The van der Waals surface area contributed by atoms with Crippen LogP contribution < -0.4 is 10.6 Å². The van der Waals surface area contributed by atoms with Crippen LogP contribution in [0.2, 0.25) is 5.02 Å². The topological polar surface area (TPSA) is 71.8 Å². The van der Waals surface area contributed by atoms with Crippen molar-refractivity contribution >= 4 is 28.9 Å². The zero-order valence-electron chi connectivity index (χ0n) is 12.0. The zero-order chi connectivity index (χ0) is 15.2. The third-order valence-corrected chi connectivity index (χ3v) is 3.25. The van der Waals surface area contributed by atoms with Gasteiger partial charge >= 0.3 is 0 Å². The van der Waals surface area contributed by atoms with Crippen LogP contribution >= 0.6 is 11.6 Å². The number of carbonyl (C=O) groups is 1. The number of carbonyl (C=O) groups excluding carboxylic acids is 1. The van der Waals surface area contributed by atoms with Crippen molar-refractivity contribution in [3.05, 3.63) is 35.9 Å². The standard InChI is InChI=1S/C14H18ClN5O/c1-3-6-17-12-5-4-11(15)7-13(12)19-14(21)10(2)20-9-16-8-18-20/h4-5,7-10,17H,3,6H2,1-2H3,(H,19,21)/t10-/m1/s1. The van der Waals surface area contributed by atoms with Crippen molar-refractivity contribution in [1.82, 2.24) is 14.8 Å². The van der Waals surface area contributed by atoms with Crippen LogP contribution in [0.1, 0.15) is 26.3 Å². The second-order valence-corrected chi connectivity index (χ2v) is 5.09. The largest absolute Gasteiger partial charge is 0.383 e. The van der Waals surface area contributed by atoms with Gasteiger partial charge in [0.25, 0.3) is 0 Å². The van der Waals surface area contributed by atoms with Crippen LogP contribution in [0.25, 0.3) is 0 Å². The lowest BCUT2D eigenvalue weighted by Gasteiger charge is -2.16. The van der Waals surface area contributed by atoms with Gasteiger partial charge in [0.1, 0.15) is 18.7 Å². The first kappa shape index (κ1) is 15.3. The molecule has 1 amide bonds. The van der Waals surface area contributed by atoms with Crippen LogP contribution in [0.3, 0.4) is 0 Å². The van der Waals surface area contributed by atoms with Crippen LogP contribution in [-0.2, 0) is 4.79 Å². The summed E-state index contributed by atoms with van der Waals surface area (Å²) in [6.07, 6.45) is 3.90. The first-order chi connectivity index (χ1) is 10.1. The van der Waals surface area contributed by atoms with E-state index in [0.29, 0.717) is 10.7 Å². The van der Waals surface area contributed by atoms with Gasteiger partial charge in [0, 0.05) is 11.6 Å². The van der Waals surface area contributed by atoms with E-state index in [1.807, 2.05) is 6.07 Å². The fourth-order valence-electron chi connectivity index (χ4n) is 1.81. The average Bonchev–Trinajstić information content (AvgIpc) is 2.99. The fraction of sp³-hybridized carbons (Fsp3) is 0.357. The molecule has 0 fully saturated rings. The number of rotatable bonds is 6. The maximum Gasteiger partial charge on any atom is 0.249 e. The lowest BCUT2D eigenvalue weighted by Crippen LogP contribution is -2.24. The van der Waals surface area contributed by atoms with Crippen molar-refractivity contribution in [3.8, 4) is 0 Å². The first-order valence-electron chi connectivity index (χ1n) is 6.80. The van der Waals surface area contributed by atoms with E-state index in [4.69, 9.17) is 11.6 Å². The summed E-state index contributed by atoms with van der Waals surface area (Å²) >= 11 is 6.01. The number of hydrogen-bond acceptors (Lipinski definition) is 4. The highest BCUT2D eigenvalue weighted by Crippen LogP contribution is 2.26. The Kier molecular flexibility index (Phi) is 5.16. The summed E-state index contributed by atoms with van der Waals surface area (Å²) in [4.78, 5) is 16.1. The molecule has 0 saturated heterocycles. The van der Waals surface area contributed by atoms with Crippen LogP contribution in [0.5, 0.6) is 0 Å². The van der Waals surface area contributed by atoms with Gasteiger partial charge < -0.3 is 10.6 Å². The Morgan fingerprint density at radius 2 is 2.24 bits per heavy atom. The third-order valence-electron chi connectivity index (χ3n) is 3.02. The molecule has 112 valence electrons. The van der Waals surface area contributed by atoms with E-state index in [2.05, 4.69) is 27.6 Å². The molecule has 0 unspecified atom stereocenters. The van der Waals surface area contributed by atoms with E-state index in [9.17, 15) is 4.79 Å². The summed E-state index contributed by atoms with van der Waals surface area (Å²) in [5.74, 6) is -0.178. The normalized spacial score (nSPS) is 12.0. The lowest BCUT2D eigenvalue weighted by atomic mass is 10.2. The van der Waals surface area contributed by atoms with E-state index in [1.54, 1.807) is 19.1 Å². The lowest BCUT2D eigenvalue weighted by molar-refractivity contribution is -0.119. The summed E-state index contributed by atoms with van der Waals surface area (Å²) in [5, 5.41) is 10.7. The minimum Gasteiger partial charge on any atom is -0.383 e. The van der Waals surface area contributed by atoms with Gasteiger partial charge in [0.15, 0.2) is 0 Å². The molecule has 1 heterocycles. The summed E-state index contributed by atoms with van der Waals surface area (Å²) in [6, 6.07) is 4.92. The van der Waals surface area contributed by atoms with Crippen molar-refractivity contribution in [2.24, 2.45) is 0 Å². The van der Waals surface area contributed by atoms with Crippen LogP contribution in [0.4, 0.5) is 11.4 Å². The highest BCUT2D eigenvalue weighted by atomic mass is 35.5. The third kappa shape index (κ3) is 3.95. The fourth-order valence-corrected chi connectivity index (χ4v) is 1.98. The van der Waals surface area contributed by atoms with Gasteiger partial charge in [-0.15, -0.1) is 0 Å². The Bertz CT molecular complexity index is 599. The molecule has 2 N–H and O–H groups in total. The van der Waals surface area contributed by atoms with E-state index in [-0.39, 0.29) is 5.91 Å². The first-order valence-corrected chi connectivity index (χ1v) is 7.18. The van der Waals surface area contributed by atoms with E-state index in [0.717, 1.165) is 18.7 Å². The van der Waals surface area contributed by atoms with Crippen LogP contribution in [0, 0.1) is 0 Å². The molecule has 1 aromatic carbocycles. The Morgan fingerprint density at radius 1 is 1.43 bits per heavy atom. The van der Waals surface area contributed by atoms with Crippen molar-refractivity contribution in [2.75, 3.05) is 17.2 Å². The Morgan fingerprint density at radius 3 is 2.90 bits per heavy atom. The molecule has 0 aliphatic heterocycles. The van der Waals surface area contributed by atoms with Gasteiger partial charge in [0.05, 0.1) is 11.4 Å². The quantitative estimate of drug-likeness (QED) is 0.860. The van der Waals surface area contributed by atoms with Gasteiger partial charge in [-0.25, -0.2) is 9.67 Å². The molecule has 2 rings (SSSR count). The molecule has 2 aromatic rings. The highest BCUT2D eigenvalue weighted by molar-refractivity contribution is 6.31. The summed E-state index contributed by atoms with van der Waals surface area (Å²) < 4.78 is 1.50. The Hall–Kier alpha value is -2.08. The minimum atomic E-state index is -0.453. The second kappa shape index (κ2) is 7.08. The molecule has 0 radical (unpaired) electrons. The number of nitrogens with one attached hydrogen (secondary N) is 2. The maximum absolute atomic E-state index is 12.3. The predicted molar refractivity (Wildman–Crippen MR) is 83.6 cm³/mol. The molecule has 1 aromatic heterocycles. The summed E-state index contributed by atoms with van der Waals surface area (Å²) in [6.45, 7) is 4.66. The van der Waals surface area contributed by atoms with Crippen molar-refractivity contribution in [1.29, 1.82) is 0 Å². The maximum atomic E-state index is 12.3. The SMILES string of the molecule is CCCNc1ccc(Cl)cc1NC(=O)[C@@H](C)n1cncn1. The van der Waals surface area contributed by atoms with Crippen molar-refractivity contribution in [3.63, 3.8) is 0 Å². The Labute approximate surface area is 128 Å². The monoisotopic (exact) mass is 307 g/mol. The van der Waals surface area contributed by atoms with Gasteiger partial charge in [-0.05, 0) is 31.5 Å². The summed E-state index contributed by atoms with van der Waals surface area (Å²) in [5.41, 5.74) is 1.51. The molecule has 0 aliphatic carbocycles. The van der Waals surface area contributed by atoms with Crippen molar-refractivity contribution < 1.29 is 4.79 Å². The molecule has 0 bridgehead atoms. The van der Waals surface area contributed by atoms with Crippen molar-refractivity contribution in [2.45, 2.75) is 26.3 Å². The van der Waals surface area contributed by atoms with E-state index < -0.39 is 6.04 Å². The molecule has 0 saturated carbocycles. The number of amides is 1. The molecule has 21 heavy (non-hydrogen) atoms. The number of hydrogen-bond donors (Lipinski definition) is 2. The Balaban J connectivity index is 2.14. The predicted octanol–water partition coefficient (Wildman–Crippen LogP) is 2.95. The van der Waals surface area contributed by atoms with Crippen LogP contribution in [0.15, 0.2) is 30.9 Å². The average molecular weight is 308 g/mol.